The summed E-state index contributed by atoms with van der Waals surface area (Å²) in [5.41, 5.74) is 2.85. The first-order valence-electron chi connectivity index (χ1n) is 8.11. The standard InChI is InChI=1S/C19H21N3O2/c1-21-16-9-5-6-10-17(16)22(19(21)24)14-12-18(23)20-13-11-15-7-3-2-4-8-15/h2-10H,11-14H2,1H3,(H,20,23). The first kappa shape index (κ1) is 16.1. The zero-order valence-electron chi connectivity index (χ0n) is 13.7. The van der Waals surface area contributed by atoms with E-state index >= 15 is 0 Å². The zero-order valence-corrected chi connectivity index (χ0v) is 13.7. The molecule has 5 nitrogen and oxygen atoms in total. The molecule has 24 heavy (non-hydrogen) atoms. The van der Waals surface area contributed by atoms with E-state index in [1.165, 1.54) is 5.56 Å². The van der Waals surface area contributed by atoms with E-state index in [9.17, 15) is 9.59 Å². The smallest absolute Gasteiger partial charge is 0.328 e. The van der Waals surface area contributed by atoms with Gasteiger partial charge in [-0.25, -0.2) is 4.79 Å². The van der Waals surface area contributed by atoms with Gasteiger partial charge in [-0.3, -0.25) is 13.9 Å². The van der Waals surface area contributed by atoms with E-state index in [1.54, 1.807) is 16.2 Å². The Kier molecular flexibility index (Phi) is 4.79. The quantitative estimate of drug-likeness (QED) is 0.755. The number of amides is 1. The monoisotopic (exact) mass is 323 g/mol. The summed E-state index contributed by atoms with van der Waals surface area (Å²) in [5.74, 6) is -0.0363. The molecule has 0 radical (unpaired) electrons. The van der Waals surface area contributed by atoms with Crippen LogP contribution in [-0.2, 0) is 24.8 Å². The van der Waals surface area contributed by atoms with Crippen molar-refractivity contribution in [2.75, 3.05) is 6.54 Å². The van der Waals surface area contributed by atoms with Gasteiger partial charge in [0, 0.05) is 26.6 Å². The Morgan fingerprint density at radius 2 is 1.67 bits per heavy atom. The van der Waals surface area contributed by atoms with Gasteiger partial charge in [-0.1, -0.05) is 42.5 Å². The highest BCUT2D eigenvalue weighted by Gasteiger charge is 2.11. The Morgan fingerprint density at radius 3 is 2.42 bits per heavy atom. The molecule has 1 amide bonds. The van der Waals surface area contributed by atoms with E-state index in [4.69, 9.17) is 0 Å². The van der Waals surface area contributed by atoms with Gasteiger partial charge in [0.15, 0.2) is 0 Å². The lowest BCUT2D eigenvalue weighted by Crippen LogP contribution is -2.29. The normalized spacial score (nSPS) is 10.9. The zero-order chi connectivity index (χ0) is 16.9. The van der Waals surface area contributed by atoms with Crippen molar-refractivity contribution in [2.45, 2.75) is 19.4 Å². The maximum Gasteiger partial charge on any atom is 0.328 e. The van der Waals surface area contributed by atoms with Crippen LogP contribution >= 0.6 is 0 Å². The van der Waals surface area contributed by atoms with Crippen LogP contribution in [0.4, 0.5) is 0 Å². The Morgan fingerprint density at radius 1 is 1.00 bits per heavy atom. The van der Waals surface area contributed by atoms with Crippen molar-refractivity contribution >= 4 is 16.9 Å². The summed E-state index contributed by atoms with van der Waals surface area (Å²) in [5, 5.41) is 2.91. The number of aromatic nitrogens is 2. The van der Waals surface area contributed by atoms with Crippen molar-refractivity contribution in [1.29, 1.82) is 0 Å². The van der Waals surface area contributed by atoms with Crippen molar-refractivity contribution in [3.8, 4) is 0 Å². The average Bonchev–Trinajstić information content (AvgIpc) is 2.85. The Hall–Kier alpha value is -2.82. The molecule has 0 aliphatic carbocycles. The van der Waals surface area contributed by atoms with Crippen LogP contribution in [-0.4, -0.2) is 21.6 Å². The lowest BCUT2D eigenvalue weighted by Gasteiger charge is -2.06. The van der Waals surface area contributed by atoms with Crippen LogP contribution in [0.1, 0.15) is 12.0 Å². The second-order valence-electron chi connectivity index (χ2n) is 5.82. The van der Waals surface area contributed by atoms with Crippen LogP contribution in [0.25, 0.3) is 11.0 Å². The van der Waals surface area contributed by atoms with Gasteiger partial charge in [-0.2, -0.15) is 0 Å². The number of hydrogen-bond donors (Lipinski definition) is 1. The highest BCUT2D eigenvalue weighted by atomic mass is 16.2. The molecule has 0 saturated carbocycles. The van der Waals surface area contributed by atoms with E-state index < -0.39 is 0 Å². The second kappa shape index (κ2) is 7.17. The number of nitrogens with one attached hydrogen (secondary N) is 1. The van der Waals surface area contributed by atoms with E-state index in [0.29, 0.717) is 19.5 Å². The average molecular weight is 323 g/mol. The molecule has 0 atom stereocenters. The van der Waals surface area contributed by atoms with E-state index in [2.05, 4.69) is 5.32 Å². The molecule has 2 aromatic carbocycles. The first-order valence-corrected chi connectivity index (χ1v) is 8.11. The minimum Gasteiger partial charge on any atom is -0.356 e. The van der Waals surface area contributed by atoms with Gasteiger partial charge in [0.1, 0.15) is 0 Å². The maximum atomic E-state index is 12.3. The summed E-state index contributed by atoms with van der Waals surface area (Å²) in [7, 11) is 1.75. The number of imidazole rings is 1. The summed E-state index contributed by atoms with van der Waals surface area (Å²) in [6.45, 7) is 0.991. The summed E-state index contributed by atoms with van der Waals surface area (Å²) in [6.07, 6.45) is 1.10. The largest absolute Gasteiger partial charge is 0.356 e. The second-order valence-corrected chi connectivity index (χ2v) is 5.82. The number of hydrogen-bond acceptors (Lipinski definition) is 2. The number of aryl methyl sites for hydroxylation is 2. The molecule has 3 aromatic rings. The Labute approximate surface area is 140 Å². The van der Waals surface area contributed by atoms with Crippen molar-refractivity contribution in [3.63, 3.8) is 0 Å². The number of carbonyl (C=O) groups excluding carboxylic acids is 1. The van der Waals surface area contributed by atoms with Crippen molar-refractivity contribution < 1.29 is 4.79 Å². The lowest BCUT2D eigenvalue weighted by atomic mass is 10.1. The van der Waals surface area contributed by atoms with Crippen LogP contribution in [0.3, 0.4) is 0 Å². The van der Waals surface area contributed by atoms with Gasteiger partial charge < -0.3 is 5.32 Å². The number of benzene rings is 2. The number of fused-ring (bicyclic) bond motifs is 1. The molecule has 0 aliphatic rings. The van der Waals surface area contributed by atoms with E-state index in [0.717, 1.165) is 17.5 Å². The number of para-hydroxylation sites is 2. The van der Waals surface area contributed by atoms with Gasteiger partial charge in [-0.15, -0.1) is 0 Å². The molecule has 3 rings (SSSR count). The van der Waals surface area contributed by atoms with Gasteiger partial charge in [-0.05, 0) is 24.1 Å². The molecule has 124 valence electrons. The number of nitrogens with zero attached hydrogens (tertiary/aromatic N) is 2. The fourth-order valence-corrected chi connectivity index (χ4v) is 2.87. The molecule has 0 aliphatic heterocycles. The minimum absolute atomic E-state index is 0.0363. The first-order chi connectivity index (χ1) is 11.7. The molecule has 0 spiro atoms. The van der Waals surface area contributed by atoms with E-state index in [-0.39, 0.29) is 11.6 Å². The summed E-state index contributed by atoms with van der Waals surface area (Å²) < 4.78 is 3.27. The van der Waals surface area contributed by atoms with Crippen molar-refractivity contribution in [3.05, 3.63) is 70.6 Å². The summed E-state index contributed by atoms with van der Waals surface area (Å²) in [6, 6.07) is 17.7. The Bertz CT molecular complexity index is 894. The topological polar surface area (TPSA) is 56.0 Å². The highest BCUT2D eigenvalue weighted by molar-refractivity contribution is 5.77. The third-order valence-corrected chi connectivity index (χ3v) is 4.19. The fraction of sp³-hybridized carbons (Fsp3) is 0.263. The molecule has 1 aromatic heterocycles. The van der Waals surface area contributed by atoms with Crippen molar-refractivity contribution in [1.82, 2.24) is 14.5 Å². The van der Waals surface area contributed by atoms with Crippen LogP contribution in [0.2, 0.25) is 0 Å². The highest BCUT2D eigenvalue weighted by Crippen LogP contribution is 2.11. The third-order valence-electron chi connectivity index (χ3n) is 4.19. The predicted octanol–water partition coefficient (Wildman–Crippen LogP) is 2.09. The maximum absolute atomic E-state index is 12.3. The minimum atomic E-state index is -0.0896. The molecular formula is C19H21N3O2. The fourth-order valence-electron chi connectivity index (χ4n) is 2.87. The van der Waals surface area contributed by atoms with Gasteiger partial charge in [0.05, 0.1) is 11.0 Å². The lowest BCUT2D eigenvalue weighted by molar-refractivity contribution is -0.121. The summed E-state index contributed by atoms with van der Waals surface area (Å²) in [4.78, 5) is 24.3. The van der Waals surface area contributed by atoms with Gasteiger partial charge in [0.25, 0.3) is 0 Å². The number of carbonyl (C=O) groups is 1. The molecule has 5 heteroatoms. The van der Waals surface area contributed by atoms with E-state index in [1.807, 2.05) is 54.6 Å². The summed E-state index contributed by atoms with van der Waals surface area (Å²) >= 11 is 0. The molecule has 1 N–H and O–H groups in total. The van der Waals surface area contributed by atoms with Gasteiger partial charge >= 0.3 is 5.69 Å². The predicted molar refractivity (Wildman–Crippen MR) is 95.0 cm³/mol. The third kappa shape index (κ3) is 3.40. The van der Waals surface area contributed by atoms with Crippen LogP contribution in [0, 0.1) is 0 Å². The van der Waals surface area contributed by atoms with Crippen LogP contribution in [0.15, 0.2) is 59.4 Å². The molecule has 0 unspecified atom stereocenters. The van der Waals surface area contributed by atoms with Gasteiger partial charge in [0.2, 0.25) is 5.91 Å². The molecular weight excluding hydrogens is 302 g/mol. The van der Waals surface area contributed by atoms with Crippen LogP contribution in [0.5, 0.6) is 0 Å². The molecule has 1 heterocycles. The molecule has 0 saturated heterocycles. The Balaban J connectivity index is 1.57. The SMILES string of the molecule is Cn1c(=O)n(CCC(=O)NCCc2ccccc2)c2ccccc21. The molecule has 0 bridgehead atoms. The van der Waals surface area contributed by atoms with Crippen LogP contribution < -0.4 is 11.0 Å². The number of rotatable bonds is 6. The molecule has 0 fully saturated rings. The van der Waals surface area contributed by atoms with Crippen molar-refractivity contribution in [2.24, 2.45) is 7.05 Å².